The van der Waals surface area contributed by atoms with Crippen LogP contribution in [0.25, 0.3) is 0 Å². The lowest BCUT2D eigenvalue weighted by Crippen LogP contribution is -2.47. The van der Waals surface area contributed by atoms with Gasteiger partial charge in [-0.15, -0.1) is 0 Å². The summed E-state index contributed by atoms with van der Waals surface area (Å²) in [7, 11) is 0. The monoisotopic (exact) mass is 382 g/mol. The topological polar surface area (TPSA) is 32.3 Å². The second kappa shape index (κ2) is 8.10. The molecule has 138 valence electrons. The van der Waals surface area contributed by atoms with E-state index < -0.39 is 28.9 Å². The minimum absolute atomic E-state index is 0.259. The van der Waals surface area contributed by atoms with Gasteiger partial charge in [0.25, 0.3) is 5.91 Å². The molecule has 1 saturated heterocycles. The maximum atomic E-state index is 13.8. The first-order chi connectivity index (χ1) is 12.4. The zero-order chi connectivity index (χ0) is 18.7. The van der Waals surface area contributed by atoms with Crippen molar-refractivity contribution in [1.82, 2.24) is 10.2 Å². The zero-order valence-corrected chi connectivity index (χ0v) is 14.7. The van der Waals surface area contributed by atoms with Gasteiger partial charge in [0.2, 0.25) is 0 Å². The van der Waals surface area contributed by atoms with Gasteiger partial charge in [-0.1, -0.05) is 23.7 Å². The molecule has 0 spiro atoms. The molecule has 1 aliphatic rings. The van der Waals surface area contributed by atoms with Crippen LogP contribution in [0.5, 0.6) is 0 Å². The molecule has 2 aromatic rings. The first-order valence-corrected chi connectivity index (χ1v) is 8.73. The number of benzene rings is 2. The van der Waals surface area contributed by atoms with Crippen molar-refractivity contribution < 1.29 is 18.0 Å². The van der Waals surface area contributed by atoms with E-state index in [0.717, 1.165) is 24.6 Å². The van der Waals surface area contributed by atoms with Gasteiger partial charge in [-0.05, 0) is 49.2 Å². The number of rotatable bonds is 4. The van der Waals surface area contributed by atoms with E-state index in [1.807, 2.05) is 24.3 Å². The third kappa shape index (κ3) is 4.37. The molecule has 2 aromatic carbocycles. The number of hydrogen-bond donors (Lipinski definition) is 1. The predicted molar refractivity (Wildman–Crippen MR) is 93.5 cm³/mol. The van der Waals surface area contributed by atoms with Crippen molar-refractivity contribution >= 4 is 17.5 Å². The van der Waals surface area contributed by atoms with Gasteiger partial charge in [0.15, 0.2) is 11.6 Å². The minimum Gasteiger partial charge on any atom is -0.348 e. The third-order valence-electron chi connectivity index (χ3n) is 4.43. The van der Waals surface area contributed by atoms with E-state index in [1.54, 1.807) is 0 Å². The Morgan fingerprint density at radius 3 is 2.54 bits per heavy atom. The summed E-state index contributed by atoms with van der Waals surface area (Å²) in [5.41, 5.74) is 0.212. The van der Waals surface area contributed by atoms with Crippen LogP contribution in [0.15, 0.2) is 36.4 Å². The highest BCUT2D eigenvalue weighted by Crippen LogP contribution is 2.19. The molecule has 3 rings (SSSR count). The molecule has 1 heterocycles. The van der Waals surface area contributed by atoms with Gasteiger partial charge in [-0.3, -0.25) is 9.69 Å². The second-order valence-electron chi connectivity index (χ2n) is 6.39. The summed E-state index contributed by atoms with van der Waals surface area (Å²) in [6.07, 6.45) is 1.54. The smallest absolute Gasteiger partial charge is 0.257 e. The molecule has 1 amide bonds. The molecule has 0 aromatic heterocycles. The van der Waals surface area contributed by atoms with Gasteiger partial charge in [-0.2, -0.15) is 0 Å². The molecule has 7 heteroatoms. The summed E-state index contributed by atoms with van der Waals surface area (Å²) < 4.78 is 40.8. The fourth-order valence-corrected chi connectivity index (χ4v) is 3.28. The summed E-state index contributed by atoms with van der Waals surface area (Å²) in [6.45, 7) is 2.09. The Morgan fingerprint density at radius 1 is 1.12 bits per heavy atom. The first kappa shape index (κ1) is 18.7. The van der Waals surface area contributed by atoms with E-state index in [4.69, 9.17) is 11.6 Å². The van der Waals surface area contributed by atoms with Gasteiger partial charge >= 0.3 is 0 Å². The molecular weight excluding hydrogens is 365 g/mol. The Morgan fingerprint density at radius 2 is 1.81 bits per heavy atom. The fraction of sp³-hybridized carbons (Fsp3) is 0.316. The average Bonchev–Trinajstić information content (AvgIpc) is 2.61. The fourth-order valence-electron chi connectivity index (χ4n) is 3.16. The largest absolute Gasteiger partial charge is 0.348 e. The van der Waals surface area contributed by atoms with Crippen LogP contribution in [0.1, 0.15) is 28.8 Å². The Labute approximate surface area is 154 Å². The van der Waals surface area contributed by atoms with Crippen LogP contribution in [0.4, 0.5) is 13.2 Å². The lowest BCUT2D eigenvalue weighted by atomic mass is 10.0. The standard InChI is InChI=1S/C19H18ClF3N2O/c20-13-5-3-12(4-6-13)10-25-9-1-2-14(11-25)24-19(26)17-15(21)7-8-16(22)18(17)23/h3-8,14H,1-2,9-11H2,(H,24,26)/t14-/m0/s1. The number of amides is 1. The van der Waals surface area contributed by atoms with Gasteiger partial charge in [0.1, 0.15) is 11.4 Å². The number of nitrogens with zero attached hydrogens (tertiary/aromatic N) is 1. The number of carbonyl (C=O) groups excluding carboxylic acids is 1. The van der Waals surface area contributed by atoms with Crippen molar-refractivity contribution in [1.29, 1.82) is 0 Å². The number of piperidine rings is 1. The van der Waals surface area contributed by atoms with Crippen molar-refractivity contribution in [3.05, 3.63) is 70.0 Å². The molecule has 0 bridgehead atoms. The maximum absolute atomic E-state index is 13.8. The van der Waals surface area contributed by atoms with E-state index in [2.05, 4.69) is 10.2 Å². The highest BCUT2D eigenvalue weighted by atomic mass is 35.5. The molecule has 3 nitrogen and oxygen atoms in total. The lowest BCUT2D eigenvalue weighted by Gasteiger charge is -2.33. The highest BCUT2D eigenvalue weighted by molar-refractivity contribution is 6.30. The molecule has 1 N–H and O–H groups in total. The summed E-state index contributed by atoms with van der Waals surface area (Å²) in [4.78, 5) is 14.4. The van der Waals surface area contributed by atoms with Crippen LogP contribution in [0, 0.1) is 17.5 Å². The van der Waals surface area contributed by atoms with Crippen molar-refractivity contribution in [2.45, 2.75) is 25.4 Å². The van der Waals surface area contributed by atoms with Crippen LogP contribution in [-0.4, -0.2) is 29.9 Å². The molecule has 0 unspecified atom stereocenters. The molecule has 1 fully saturated rings. The summed E-state index contributed by atoms with van der Waals surface area (Å²) in [5, 5.41) is 3.28. The van der Waals surface area contributed by atoms with Crippen molar-refractivity contribution in [2.24, 2.45) is 0 Å². The van der Waals surface area contributed by atoms with Crippen LogP contribution in [0.2, 0.25) is 5.02 Å². The van der Waals surface area contributed by atoms with Gasteiger partial charge in [0.05, 0.1) is 0 Å². The summed E-state index contributed by atoms with van der Waals surface area (Å²) >= 11 is 5.88. The van der Waals surface area contributed by atoms with E-state index in [-0.39, 0.29) is 6.04 Å². The Hall–Kier alpha value is -2.05. The van der Waals surface area contributed by atoms with Crippen LogP contribution in [-0.2, 0) is 6.54 Å². The first-order valence-electron chi connectivity index (χ1n) is 8.35. The van der Waals surface area contributed by atoms with Crippen molar-refractivity contribution in [2.75, 3.05) is 13.1 Å². The lowest BCUT2D eigenvalue weighted by molar-refractivity contribution is 0.0891. The van der Waals surface area contributed by atoms with Crippen LogP contribution in [0.3, 0.4) is 0 Å². The summed E-state index contributed by atoms with van der Waals surface area (Å²) in [6, 6.07) is 8.65. The molecule has 0 radical (unpaired) electrons. The van der Waals surface area contributed by atoms with Gasteiger partial charge in [-0.25, -0.2) is 13.2 Å². The van der Waals surface area contributed by atoms with E-state index in [0.29, 0.717) is 30.6 Å². The minimum atomic E-state index is -1.46. The Balaban J connectivity index is 1.64. The second-order valence-corrected chi connectivity index (χ2v) is 6.83. The number of hydrogen-bond acceptors (Lipinski definition) is 2. The number of carbonyl (C=O) groups is 1. The number of nitrogens with one attached hydrogen (secondary N) is 1. The van der Waals surface area contributed by atoms with Crippen molar-refractivity contribution in [3.63, 3.8) is 0 Å². The number of halogens is 4. The van der Waals surface area contributed by atoms with Crippen LogP contribution >= 0.6 is 11.6 Å². The molecule has 0 saturated carbocycles. The van der Waals surface area contributed by atoms with Crippen LogP contribution < -0.4 is 5.32 Å². The van der Waals surface area contributed by atoms with Gasteiger partial charge < -0.3 is 5.32 Å². The van der Waals surface area contributed by atoms with Gasteiger partial charge in [0, 0.05) is 24.2 Å². The SMILES string of the molecule is O=C(N[C@H]1CCCN(Cc2ccc(Cl)cc2)C1)c1c(F)ccc(F)c1F. The van der Waals surface area contributed by atoms with E-state index >= 15 is 0 Å². The molecular formula is C19H18ClF3N2O. The van der Waals surface area contributed by atoms with E-state index in [9.17, 15) is 18.0 Å². The average molecular weight is 383 g/mol. The Bertz CT molecular complexity index is 798. The molecule has 26 heavy (non-hydrogen) atoms. The zero-order valence-electron chi connectivity index (χ0n) is 13.9. The summed E-state index contributed by atoms with van der Waals surface area (Å²) in [5.74, 6) is -4.71. The number of likely N-dealkylation sites (tertiary alicyclic amines) is 1. The Kier molecular flexibility index (Phi) is 5.84. The molecule has 1 aliphatic heterocycles. The molecule has 1 atom stereocenters. The quantitative estimate of drug-likeness (QED) is 0.806. The normalized spacial score (nSPS) is 17.9. The van der Waals surface area contributed by atoms with E-state index in [1.165, 1.54) is 0 Å². The molecule has 0 aliphatic carbocycles. The maximum Gasteiger partial charge on any atom is 0.257 e. The highest BCUT2D eigenvalue weighted by Gasteiger charge is 2.26. The third-order valence-corrected chi connectivity index (χ3v) is 4.68. The van der Waals surface area contributed by atoms with Crippen molar-refractivity contribution in [3.8, 4) is 0 Å². The predicted octanol–water partition coefficient (Wildman–Crippen LogP) is 4.15.